The van der Waals surface area contributed by atoms with E-state index >= 15 is 0 Å². The van der Waals surface area contributed by atoms with E-state index in [1.54, 1.807) is 35.0 Å². The quantitative estimate of drug-likeness (QED) is 0.929. The van der Waals surface area contributed by atoms with Gasteiger partial charge >= 0.3 is 0 Å². The lowest BCUT2D eigenvalue weighted by molar-refractivity contribution is 0.0961. The molecule has 1 aliphatic carbocycles. The summed E-state index contributed by atoms with van der Waals surface area (Å²) < 4.78 is 1.66. The fourth-order valence-electron chi connectivity index (χ4n) is 3.43. The van der Waals surface area contributed by atoms with E-state index in [-0.39, 0.29) is 11.9 Å². The number of pyridine rings is 1. The molecule has 1 saturated carbocycles. The molecule has 2 aromatic rings. The summed E-state index contributed by atoms with van der Waals surface area (Å²) in [5.41, 5.74) is 7.19. The molecule has 0 radical (unpaired) electrons. The summed E-state index contributed by atoms with van der Waals surface area (Å²) in [7, 11) is 1.75. The molecule has 0 unspecified atom stereocenters. The van der Waals surface area contributed by atoms with Crippen molar-refractivity contribution in [3.8, 4) is 0 Å². The Labute approximate surface area is 147 Å². The van der Waals surface area contributed by atoms with Gasteiger partial charge in [0, 0.05) is 25.5 Å². The summed E-state index contributed by atoms with van der Waals surface area (Å²) >= 11 is 0. The van der Waals surface area contributed by atoms with E-state index in [1.165, 1.54) is 6.42 Å². The summed E-state index contributed by atoms with van der Waals surface area (Å²) in [5.74, 6) is -0.0186. The molecule has 25 heavy (non-hydrogen) atoms. The Bertz CT molecular complexity index is 773. The lowest BCUT2D eigenvalue weighted by atomic mass is 9.94. The zero-order valence-electron chi connectivity index (χ0n) is 14.7. The molecule has 6 nitrogen and oxygen atoms in total. The van der Waals surface area contributed by atoms with Crippen molar-refractivity contribution in [2.24, 2.45) is 12.8 Å². The fourth-order valence-corrected chi connectivity index (χ4v) is 3.43. The number of anilines is 1. The maximum absolute atomic E-state index is 13.3. The number of aryl methyl sites for hydroxylation is 2. The number of carbonyl (C=O) groups excluding carboxylic acids is 2. The molecule has 6 heteroatoms. The highest BCUT2D eigenvalue weighted by Gasteiger charge is 2.30. The van der Waals surface area contributed by atoms with E-state index in [4.69, 9.17) is 5.73 Å². The molecule has 2 N–H and O–H groups in total. The van der Waals surface area contributed by atoms with Gasteiger partial charge in [0.15, 0.2) is 0 Å². The summed E-state index contributed by atoms with van der Waals surface area (Å²) in [6.07, 6.45) is 8.73. The van der Waals surface area contributed by atoms with E-state index in [2.05, 4.69) is 4.98 Å². The van der Waals surface area contributed by atoms with Gasteiger partial charge in [0.05, 0.1) is 5.56 Å². The van der Waals surface area contributed by atoms with Crippen molar-refractivity contribution < 1.29 is 9.59 Å². The zero-order chi connectivity index (χ0) is 18.0. The first-order valence-corrected chi connectivity index (χ1v) is 8.70. The van der Waals surface area contributed by atoms with Crippen LogP contribution in [0.15, 0.2) is 30.6 Å². The van der Waals surface area contributed by atoms with Crippen LogP contribution in [-0.2, 0) is 7.05 Å². The number of nitrogens with zero attached hydrogens (tertiary/aromatic N) is 3. The minimum absolute atomic E-state index is 0.128. The van der Waals surface area contributed by atoms with Gasteiger partial charge in [0.2, 0.25) is 5.91 Å². The standard InChI is InChI=1S/C19H24N4O2/c1-13-8-9-17(21-11-13)23(15-6-4-3-5-7-15)19(25)16-10-14(18(20)24)12-22(16)2/h8-12,15H,3-7H2,1-2H3,(H2,20,24). The number of carbonyl (C=O) groups is 2. The third kappa shape index (κ3) is 3.57. The van der Waals surface area contributed by atoms with E-state index in [1.807, 2.05) is 19.1 Å². The molecule has 0 atom stereocenters. The molecule has 132 valence electrons. The second-order valence-electron chi connectivity index (χ2n) is 6.75. The van der Waals surface area contributed by atoms with Gasteiger partial charge in [-0.25, -0.2) is 4.98 Å². The molecule has 1 fully saturated rings. The van der Waals surface area contributed by atoms with Crippen molar-refractivity contribution in [1.29, 1.82) is 0 Å². The Morgan fingerprint density at radius 3 is 2.52 bits per heavy atom. The van der Waals surface area contributed by atoms with Crippen molar-refractivity contribution in [3.63, 3.8) is 0 Å². The van der Waals surface area contributed by atoms with E-state index < -0.39 is 5.91 Å². The number of amides is 2. The number of rotatable bonds is 4. The van der Waals surface area contributed by atoms with Crippen molar-refractivity contribution in [2.45, 2.75) is 45.1 Å². The number of hydrogen-bond acceptors (Lipinski definition) is 3. The zero-order valence-corrected chi connectivity index (χ0v) is 14.7. The highest BCUT2D eigenvalue weighted by molar-refractivity contribution is 6.06. The van der Waals surface area contributed by atoms with Crippen LogP contribution in [0.4, 0.5) is 5.82 Å². The van der Waals surface area contributed by atoms with Crippen LogP contribution in [0.5, 0.6) is 0 Å². The topological polar surface area (TPSA) is 81.2 Å². The lowest BCUT2D eigenvalue weighted by Gasteiger charge is -2.33. The van der Waals surface area contributed by atoms with Crippen molar-refractivity contribution >= 4 is 17.6 Å². The Hall–Kier alpha value is -2.63. The summed E-state index contributed by atoms with van der Waals surface area (Å²) in [5, 5.41) is 0. The van der Waals surface area contributed by atoms with Gasteiger partial charge in [-0.15, -0.1) is 0 Å². The highest BCUT2D eigenvalue weighted by atomic mass is 16.2. The molecule has 0 aliphatic heterocycles. The second-order valence-corrected chi connectivity index (χ2v) is 6.75. The Morgan fingerprint density at radius 2 is 1.96 bits per heavy atom. The monoisotopic (exact) mass is 340 g/mol. The van der Waals surface area contributed by atoms with Gasteiger partial charge in [0.25, 0.3) is 5.91 Å². The number of hydrogen-bond donors (Lipinski definition) is 1. The summed E-state index contributed by atoms with van der Waals surface area (Å²) in [6.45, 7) is 1.97. The van der Waals surface area contributed by atoms with Gasteiger partial charge in [-0.3, -0.25) is 14.5 Å². The highest BCUT2D eigenvalue weighted by Crippen LogP contribution is 2.28. The molecule has 0 aromatic carbocycles. The Morgan fingerprint density at radius 1 is 1.24 bits per heavy atom. The number of nitrogens with two attached hydrogens (primary N) is 1. The molecule has 2 heterocycles. The summed E-state index contributed by atoms with van der Waals surface area (Å²) in [4.78, 5) is 31.0. The molecule has 3 rings (SSSR count). The average Bonchev–Trinajstić information content (AvgIpc) is 3.00. The second kappa shape index (κ2) is 7.09. The molecule has 0 bridgehead atoms. The van der Waals surface area contributed by atoms with Crippen LogP contribution >= 0.6 is 0 Å². The van der Waals surface area contributed by atoms with Crippen LogP contribution in [0.25, 0.3) is 0 Å². The van der Waals surface area contributed by atoms with Gasteiger partial charge in [0.1, 0.15) is 11.5 Å². The predicted octanol–water partition coefficient (Wildman–Crippen LogP) is 2.81. The number of aromatic nitrogens is 2. The first kappa shape index (κ1) is 17.2. The molecular formula is C19H24N4O2. The smallest absolute Gasteiger partial charge is 0.276 e. The lowest BCUT2D eigenvalue weighted by Crippen LogP contribution is -2.42. The van der Waals surface area contributed by atoms with E-state index in [9.17, 15) is 9.59 Å². The average molecular weight is 340 g/mol. The SMILES string of the molecule is Cc1ccc(N(C(=O)c2cc(C(N)=O)cn2C)C2CCCCC2)nc1. The van der Waals surface area contributed by atoms with Crippen LogP contribution in [0, 0.1) is 6.92 Å². The molecule has 1 aliphatic rings. The third-order valence-electron chi connectivity index (χ3n) is 4.81. The van der Waals surface area contributed by atoms with E-state index in [0.717, 1.165) is 31.2 Å². The molecular weight excluding hydrogens is 316 g/mol. The summed E-state index contributed by atoms with van der Waals surface area (Å²) in [6, 6.07) is 5.54. The van der Waals surface area contributed by atoms with Gasteiger partial charge in [-0.05, 0) is 37.5 Å². The van der Waals surface area contributed by atoms with Gasteiger partial charge in [-0.1, -0.05) is 25.3 Å². The minimum atomic E-state index is -0.535. The maximum atomic E-state index is 13.3. The molecule has 0 spiro atoms. The van der Waals surface area contributed by atoms with Crippen molar-refractivity contribution in [3.05, 3.63) is 47.4 Å². The molecule has 2 aromatic heterocycles. The Balaban J connectivity index is 1.99. The normalized spacial score (nSPS) is 15.1. The van der Waals surface area contributed by atoms with Crippen molar-refractivity contribution in [1.82, 2.24) is 9.55 Å². The van der Waals surface area contributed by atoms with Crippen LogP contribution in [0.2, 0.25) is 0 Å². The van der Waals surface area contributed by atoms with Crippen LogP contribution in [-0.4, -0.2) is 27.4 Å². The first-order chi connectivity index (χ1) is 12.0. The largest absolute Gasteiger partial charge is 0.366 e. The van der Waals surface area contributed by atoms with E-state index in [0.29, 0.717) is 17.1 Å². The van der Waals surface area contributed by atoms with Gasteiger partial charge < -0.3 is 10.3 Å². The molecule has 2 amide bonds. The van der Waals surface area contributed by atoms with Crippen LogP contribution < -0.4 is 10.6 Å². The van der Waals surface area contributed by atoms with Gasteiger partial charge in [-0.2, -0.15) is 0 Å². The van der Waals surface area contributed by atoms with Crippen LogP contribution in [0.3, 0.4) is 0 Å². The van der Waals surface area contributed by atoms with Crippen LogP contribution in [0.1, 0.15) is 58.5 Å². The predicted molar refractivity (Wildman–Crippen MR) is 96.6 cm³/mol. The number of primary amides is 1. The maximum Gasteiger partial charge on any atom is 0.276 e. The Kier molecular flexibility index (Phi) is 4.88. The molecule has 0 saturated heterocycles. The fraction of sp³-hybridized carbons (Fsp3) is 0.421. The van der Waals surface area contributed by atoms with Crippen molar-refractivity contribution in [2.75, 3.05) is 4.90 Å². The minimum Gasteiger partial charge on any atom is -0.366 e. The first-order valence-electron chi connectivity index (χ1n) is 8.70. The third-order valence-corrected chi connectivity index (χ3v) is 4.81.